The van der Waals surface area contributed by atoms with Gasteiger partial charge in [-0.3, -0.25) is 0 Å². The van der Waals surface area contributed by atoms with Gasteiger partial charge in [-0.1, -0.05) is 56.8 Å². The lowest BCUT2D eigenvalue weighted by atomic mass is 9.90. The van der Waals surface area contributed by atoms with E-state index in [4.69, 9.17) is 0 Å². The zero-order valence-electron chi connectivity index (χ0n) is 15.4. The molecule has 0 unspecified atom stereocenters. The first-order valence-electron chi connectivity index (χ1n) is 8.91. The van der Waals surface area contributed by atoms with Gasteiger partial charge in [-0.15, -0.1) is 23.5 Å². The fraction of sp³-hybridized carbons (Fsp3) is 0.364. The zero-order chi connectivity index (χ0) is 18.9. The predicted molar refractivity (Wildman–Crippen MR) is 114 cm³/mol. The largest absolute Gasteiger partial charge is 0.392 e. The van der Waals surface area contributed by atoms with Crippen LogP contribution in [0.15, 0.2) is 82.6 Å². The number of rotatable bonds is 10. The maximum absolute atomic E-state index is 10.3. The van der Waals surface area contributed by atoms with Crippen molar-refractivity contribution in [3.8, 4) is 0 Å². The van der Waals surface area contributed by atoms with E-state index < -0.39 is 6.10 Å². The molecule has 2 nitrogen and oxygen atoms in total. The molecule has 2 N–H and O–H groups in total. The number of benzene rings is 2. The zero-order valence-corrected chi connectivity index (χ0v) is 17.0. The van der Waals surface area contributed by atoms with Gasteiger partial charge >= 0.3 is 0 Å². The van der Waals surface area contributed by atoms with Crippen molar-refractivity contribution < 1.29 is 10.2 Å². The highest BCUT2D eigenvalue weighted by atomic mass is 32.2. The predicted octanol–water partition coefficient (Wildman–Crippen LogP) is 5.47. The quantitative estimate of drug-likeness (QED) is 0.322. The molecule has 0 saturated carbocycles. The monoisotopic (exact) mass is 388 g/mol. The molecule has 140 valence electrons. The van der Waals surface area contributed by atoms with E-state index in [0.29, 0.717) is 16.1 Å². The van der Waals surface area contributed by atoms with Gasteiger partial charge < -0.3 is 10.2 Å². The summed E-state index contributed by atoms with van der Waals surface area (Å²) in [6, 6.07) is 20.9. The van der Waals surface area contributed by atoms with E-state index in [1.54, 1.807) is 0 Å². The van der Waals surface area contributed by atoms with Crippen molar-refractivity contribution in [2.24, 2.45) is 11.8 Å². The molecular formula is C22H28O2S2. The third-order valence-corrected chi connectivity index (χ3v) is 7.42. The summed E-state index contributed by atoms with van der Waals surface area (Å²) in [4.78, 5) is 2.50. The number of aliphatic hydroxyl groups is 2. The lowest BCUT2D eigenvalue weighted by Gasteiger charge is -2.28. The highest BCUT2D eigenvalue weighted by Gasteiger charge is 2.25. The summed E-state index contributed by atoms with van der Waals surface area (Å²) >= 11 is 3.74. The SMILES string of the molecule is C=C(CO)[C@H](O)[C@@H](C)C[C@@H](C)C(Sc1ccccc1)Sc1ccccc1. The van der Waals surface area contributed by atoms with Gasteiger partial charge in [0.15, 0.2) is 0 Å². The van der Waals surface area contributed by atoms with Crippen LogP contribution in [0.25, 0.3) is 0 Å². The number of hydrogen-bond acceptors (Lipinski definition) is 4. The van der Waals surface area contributed by atoms with Gasteiger partial charge in [0.2, 0.25) is 0 Å². The Balaban J connectivity index is 2.09. The average molecular weight is 389 g/mol. The van der Waals surface area contributed by atoms with Crippen LogP contribution in [0, 0.1) is 11.8 Å². The van der Waals surface area contributed by atoms with Crippen LogP contribution in [0.3, 0.4) is 0 Å². The molecule has 0 aliphatic heterocycles. The summed E-state index contributed by atoms with van der Waals surface area (Å²) in [5.74, 6) is 0.432. The number of hydrogen-bond donors (Lipinski definition) is 2. The highest BCUT2D eigenvalue weighted by molar-refractivity contribution is 8.17. The summed E-state index contributed by atoms with van der Waals surface area (Å²) in [6.45, 7) is 7.87. The van der Waals surface area contributed by atoms with Gasteiger partial charge in [-0.2, -0.15) is 0 Å². The molecule has 0 spiro atoms. The lowest BCUT2D eigenvalue weighted by molar-refractivity contribution is 0.123. The fourth-order valence-corrected chi connectivity index (χ4v) is 5.56. The first kappa shape index (κ1) is 21.1. The summed E-state index contributed by atoms with van der Waals surface area (Å²) in [5, 5.41) is 19.5. The minimum absolute atomic E-state index is 0.0555. The smallest absolute Gasteiger partial charge is 0.0795 e. The second-order valence-electron chi connectivity index (χ2n) is 6.68. The first-order chi connectivity index (χ1) is 12.5. The summed E-state index contributed by atoms with van der Waals surface area (Å²) < 4.78 is 0.330. The topological polar surface area (TPSA) is 40.5 Å². The molecule has 0 saturated heterocycles. The molecule has 0 radical (unpaired) electrons. The first-order valence-corrected chi connectivity index (χ1v) is 10.7. The van der Waals surface area contributed by atoms with Gasteiger partial charge in [0.25, 0.3) is 0 Å². The van der Waals surface area contributed by atoms with Crippen LogP contribution in [0.1, 0.15) is 20.3 Å². The van der Waals surface area contributed by atoms with Gasteiger partial charge in [-0.05, 0) is 48.1 Å². The molecule has 2 rings (SSSR count). The summed E-state index contributed by atoms with van der Waals surface area (Å²) in [7, 11) is 0. The normalized spacial score (nSPS) is 14.8. The van der Waals surface area contributed by atoms with E-state index in [2.05, 4.69) is 62.0 Å². The summed E-state index contributed by atoms with van der Waals surface area (Å²) in [6.07, 6.45) is 0.205. The van der Waals surface area contributed by atoms with E-state index in [0.717, 1.165) is 6.42 Å². The van der Waals surface area contributed by atoms with Crippen LogP contribution in [-0.2, 0) is 0 Å². The van der Waals surface area contributed by atoms with Crippen molar-refractivity contribution in [3.63, 3.8) is 0 Å². The molecule has 0 aliphatic carbocycles. The van der Waals surface area contributed by atoms with E-state index in [1.165, 1.54) is 9.79 Å². The third kappa shape index (κ3) is 6.51. The summed E-state index contributed by atoms with van der Waals surface area (Å²) in [5.41, 5.74) is 0.493. The van der Waals surface area contributed by atoms with Crippen LogP contribution >= 0.6 is 23.5 Å². The third-order valence-electron chi connectivity index (χ3n) is 4.36. The Morgan fingerprint density at radius 1 is 0.885 bits per heavy atom. The highest BCUT2D eigenvalue weighted by Crippen LogP contribution is 2.42. The molecule has 26 heavy (non-hydrogen) atoms. The van der Waals surface area contributed by atoms with Crippen LogP contribution in [0.5, 0.6) is 0 Å². The minimum atomic E-state index is -0.661. The molecular weight excluding hydrogens is 360 g/mol. The Bertz CT molecular complexity index is 619. The van der Waals surface area contributed by atoms with Gasteiger partial charge in [0.05, 0.1) is 17.3 Å². The van der Waals surface area contributed by atoms with Crippen molar-refractivity contribution in [2.45, 2.75) is 40.7 Å². The average Bonchev–Trinajstić information content (AvgIpc) is 2.67. The molecule has 0 amide bonds. The Kier molecular flexibility index (Phi) is 8.79. The number of aliphatic hydroxyl groups excluding tert-OH is 2. The molecule has 2 aromatic rings. The minimum Gasteiger partial charge on any atom is -0.392 e. The van der Waals surface area contributed by atoms with Crippen molar-refractivity contribution >= 4 is 23.5 Å². The van der Waals surface area contributed by atoms with Crippen molar-refractivity contribution in [3.05, 3.63) is 72.8 Å². The van der Waals surface area contributed by atoms with Crippen LogP contribution in [0.2, 0.25) is 0 Å². The molecule has 4 heteroatoms. The van der Waals surface area contributed by atoms with Crippen molar-refractivity contribution in [2.75, 3.05) is 6.61 Å². The second kappa shape index (κ2) is 10.8. The fourth-order valence-electron chi connectivity index (χ4n) is 2.85. The van der Waals surface area contributed by atoms with Crippen molar-refractivity contribution in [1.82, 2.24) is 0 Å². The van der Waals surface area contributed by atoms with Crippen molar-refractivity contribution in [1.29, 1.82) is 0 Å². The Labute approximate surface area is 165 Å². The molecule has 0 aromatic heterocycles. The van der Waals surface area contributed by atoms with Crippen LogP contribution in [0.4, 0.5) is 0 Å². The van der Waals surface area contributed by atoms with Gasteiger partial charge in [-0.25, -0.2) is 0 Å². The molecule has 3 atom stereocenters. The molecule has 0 aliphatic rings. The van der Waals surface area contributed by atoms with E-state index in [9.17, 15) is 10.2 Å². The lowest BCUT2D eigenvalue weighted by Crippen LogP contribution is -2.25. The standard InChI is InChI=1S/C22H28O2S2/c1-16(21(24)18(3)15-23)14-17(2)22(25-19-10-6-4-7-11-19)26-20-12-8-5-9-13-20/h4-13,16-17,21-24H,3,14-15H2,1-2H3/t16-,17+,21+/m0/s1. The maximum Gasteiger partial charge on any atom is 0.0795 e. The molecule has 0 bridgehead atoms. The van der Waals surface area contributed by atoms with Crippen LogP contribution in [-0.4, -0.2) is 27.5 Å². The maximum atomic E-state index is 10.3. The van der Waals surface area contributed by atoms with Crippen LogP contribution < -0.4 is 0 Å². The number of thioether (sulfide) groups is 2. The Hall–Kier alpha value is -1.20. The Morgan fingerprint density at radius 3 is 1.77 bits per heavy atom. The van der Waals surface area contributed by atoms with E-state index in [1.807, 2.05) is 42.6 Å². The molecule has 2 aromatic carbocycles. The van der Waals surface area contributed by atoms with Gasteiger partial charge in [0, 0.05) is 9.79 Å². The van der Waals surface area contributed by atoms with E-state index >= 15 is 0 Å². The second-order valence-corrected chi connectivity index (χ2v) is 9.41. The van der Waals surface area contributed by atoms with E-state index in [-0.39, 0.29) is 12.5 Å². The molecule has 0 heterocycles. The molecule has 0 fully saturated rings. The van der Waals surface area contributed by atoms with Gasteiger partial charge in [0.1, 0.15) is 0 Å². The Morgan fingerprint density at radius 2 is 1.35 bits per heavy atom.